The molecule has 0 saturated carbocycles. The van der Waals surface area contributed by atoms with Gasteiger partial charge >= 0.3 is 5.97 Å². The van der Waals surface area contributed by atoms with Gasteiger partial charge in [0.1, 0.15) is 21.7 Å². The van der Waals surface area contributed by atoms with Gasteiger partial charge in [0.2, 0.25) is 0 Å². The highest BCUT2D eigenvalue weighted by atomic mass is 79.9. The lowest BCUT2D eigenvalue weighted by Gasteiger charge is -1.99. The summed E-state index contributed by atoms with van der Waals surface area (Å²) in [5.41, 5.74) is 1.96. The minimum Gasteiger partial charge on any atom is -0.450 e. The number of hydrogen-bond donors (Lipinski definition) is 1. The van der Waals surface area contributed by atoms with E-state index in [0.717, 1.165) is 5.69 Å². The molecule has 1 aliphatic heterocycles. The number of aromatic amines is 1. The molecule has 0 unspecified atom stereocenters. The highest BCUT2D eigenvalue weighted by Gasteiger charge is 2.28. The fraction of sp³-hybridized carbons (Fsp3) is 0.0769. The second kappa shape index (κ2) is 4.47. The van der Waals surface area contributed by atoms with E-state index in [2.05, 4.69) is 20.9 Å². The molecule has 1 aliphatic rings. The van der Waals surface area contributed by atoms with Crippen molar-refractivity contribution in [1.29, 1.82) is 0 Å². The van der Waals surface area contributed by atoms with E-state index < -0.39 is 5.97 Å². The fourth-order valence-corrected chi connectivity index (χ4v) is 2.61. The van der Waals surface area contributed by atoms with E-state index >= 15 is 0 Å². The zero-order chi connectivity index (χ0) is 13.6. The normalized spacial score (nSPS) is 15.7. The maximum atomic E-state index is 11.8. The lowest BCUT2D eigenvalue weighted by Crippen LogP contribution is -1.97. The van der Waals surface area contributed by atoms with Crippen LogP contribution < -0.4 is 0 Å². The van der Waals surface area contributed by atoms with Gasteiger partial charge in [-0.1, -0.05) is 12.2 Å². The highest BCUT2D eigenvalue weighted by Crippen LogP contribution is 2.32. The van der Waals surface area contributed by atoms with Gasteiger partial charge in [0.05, 0.1) is 0 Å². The van der Waals surface area contributed by atoms with Crippen molar-refractivity contribution in [2.75, 3.05) is 0 Å². The zero-order valence-electron chi connectivity index (χ0n) is 9.82. The number of rotatable bonds is 1. The van der Waals surface area contributed by atoms with Crippen LogP contribution in [-0.4, -0.2) is 11.0 Å². The maximum Gasteiger partial charge on any atom is 0.347 e. The first-order valence-electron chi connectivity index (χ1n) is 5.48. The molecule has 0 aromatic carbocycles. The van der Waals surface area contributed by atoms with Crippen molar-refractivity contribution in [3.63, 3.8) is 0 Å². The molecule has 0 aliphatic carbocycles. The number of esters is 1. The van der Waals surface area contributed by atoms with Crippen molar-refractivity contribution in [1.82, 2.24) is 4.98 Å². The van der Waals surface area contributed by atoms with Gasteiger partial charge < -0.3 is 14.1 Å². The van der Waals surface area contributed by atoms with E-state index in [4.69, 9.17) is 21.4 Å². The number of nitrogens with one attached hydrogen (secondary N) is 1. The van der Waals surface area contributed by atoms with Crippen molar-refractivity contribution in [3.05, 3.63) is 50.1 Å². The number of aromatic nitrogens is 1. The van der Waals surface area contributed by atoms with E-state index in [1.54, 1.807) is 18.2 Å². The quantitative estimate of drug-likeness (QED) is 0.629. The minimum atomic E-state index is -0.437. The Balaban J connectivity index is 2.17. The zero-order valence-corrected chi connectivity index (χ0v) is 12.2. The molecule has 0 bridgehead atoms. The molecule has 3 heterocycles. The molecule has 6 heteroatoms. The lowest BCUT2D eigenvalue weighted by molar-refractivity contribution is 0.0716. The Morgan fingerprint density at radius 1 is 1.42 bits per heavy atom. The van der Waals surface area contributed by atoms with Gasteiger partial charge in [-0.05, 0) is 41.1 Å². The van der Waals surface area contributed by atoms with Gasteiger partial charge in [-0.25, -0.2) is 4.79 Å². The van der Waals surface area contributed by atoms with E-state index in [1.807, 2.05) is 13.0 Å². The van der Waals surface area contributed by atoms with Crippen molar-refractivity contribution < 1.29 is 13.9 Å². The topological polar surface area (TPSA) is 55.2 Å². The summed E-state index contributed by atoms with van der Waals surface area (Å²) in [4.78, 5) is 14.8. The molecule has 1 N–H and O–H groups in total. The van der Waals surface area contributed by atoms with Crippen molar-refractivity contribution in [2.24, 2.45) is 0 Å². The van der Waals surface area contributed by atoms with Crippen LogP contribution in [0.4, 0.5) is 0 Å². The number of H-pyrrole nitrogens is 1. The van der Waals surface area contributed by atoms with Crippen LogP contribution in [0.15, 0.2) is 27.3 Å². The number of furan rings is 1. The average Bonchev–Trinajstić information content (AvgIpc) is 2.84. The summed E-state index contributed by atoms with van der Waals surface area (Å²) in [6.45, 7) is 1.87. The molecule has 0 amide bonds. The van der Waals surface area contributed by atoms with Crippen LogP contribution in [0, 0.1) is 11.6 Å². The summed E-state index contributed by atoms with van der Waals surface area (Å²) in [6.07, 6.45) is 1.67. The average molecular weight is 338 g/mol. The smallest absolute Gasteiger partial charge is 0.347 e. The van der Waals surface area contributed by atoms with Gasteiger partial charge in [-0.2, -0.15) is 0 Å². The number of carbonyl (C=O) groups is 1. The number of pyridine rings is 1. The number of aryl methyl sites for hydroxylation is 1. The second-order valence-corrected chi connectivity index (χ2v) is 5.30. The third-order valence-corrected chi connectivity index (χ3v) is 3.44. The van der Waals surface area contributed by atoms with Gasteiger partial charge in [0.25, 0.3) is 0 Å². The van der Waals surface area contributed by atoms with E-state index in [0.29, 0.717) is 32.0 Å². The third kappa shape index (κ3) is 2.17. The van der Waals surface area contributed by atoms with Crippen LogP contribution in [0.1, 0.15) is 27.4 Å². The van der Waals surface area contributed by atoms with Crippen LogP contribution in [-0.2, 0) is 4.74 Å². The van der Waals surface area contributed by atoms with Crippen LogP contribution in [0.3, 0.4) is 0 Å². The van der Waals surface area contributed by atoms with Crippen LogP contribution in [0.2, 0.25) is 0 Å². The fourth-order valence-electron chi connectivity index (χ4n) is 1.93. The predicted octanol–water partition coefficient (Wildman–Crippen LogP) is 4.08. The summed E-state index contributed by atoms with van der Waals surface area (Å²) in [5.74, 6) is 0.608. The molecule has 3 rings (SSSR count). The summed E-state index contributed by atoms with van der Waals surface area (Å²) >= 11 is 8.37. The summed E-state index contributed by atoms with van der Waals surface area (Å²) in [7, 11) is 0. The van der Waals surface area contributed by atoms with Gasteiger partial charge in [-0.3, -0.25) is 0 Å². The Morgan fingerprint density at radius 2 is 2.21 bits per heavy atom. The Hall–Kier alpha value is -1.66. The molecule has 2 aromatic rings. The number of carbonyl (C=O) groups excluding carboxylic acids is 1. The molecule has 2 aromatic heterocycles. The monoisotopic (exact) mass is 337 g/mol. The third-order valence-electron chi connectivity index (χ3n) is 2.71. The molecule has 0 fully saturated rings. The van der Waals surface area contributed by atoms with Crippen molar-refractivity contribution in [3.8, 4) is 0 Å². The molecule has 0 atom stereocenters. The van der Waals surface area contributed by atoms with E-state index in [9.17, 15) is 4.79 Å². The Bertz CT molecular complexity index is 772. The first-order valence-corrected chi connectivity index (χ1v) is 6.68. The molecule has 0 radical (unpaired) electrons. The summed E-state index contributed by atoms with van der Waals surface area (Å²) in [6, 6.07) is 5.38. The Labute approximate surface area is 122 Å². The molecule has 96 valence electrons. The molecular formula is C13H8BrNO3S. The van der Waals surface area contributed by atoms with Crippen molar-refractivity contribution in [2.45, 2.75) is 6.92 Å². The van der Waals surface area contributed by atoms with Crippen LogP contribution in [0.25, 0.3) is 11.8 Å². The standard InChI is InChI=1S/C13H8BrNO3S/c1-6-4-8-9(5-7-2-3-10(14)17-7)18-13(16)11(8)12(19)15-6/h2-5H,1H3,(H,15,19). The molecule has 19 heavy (non-hydrogen) atoms. The minimum absolute atomic E-state index is 0.393. The lowest BCUT2D eigenvalue weighted by atomic mass is 10.1. The summed E-state index contributed by atoms with van der Waals surface area (Å²) < 4.78 is 11.6. The van der Waals surface area contributed by atoms with Crippen molar-refractivity contribution >= 4 is 46.0 Å². The SMILES string of the molecule is Cc1cc2c(c(=S)[nH]1)C(=O)OC2=Cc1ccc(Br)o1. The number of fused-ring (bicyclic) bond motifs is 1. The highest BCUT2D eigenvalue weighted by molar-refractivity contribution is 9.10. The Morgan fingerprint density at radius 3 is 2.89 bits per heavy atom. The summed E-state index contributed by atoms with van der Waals surface area (Å²) in [5, 5.41) is 0. The number of ether oxygens (including phenoxy) is 1. The molecular weight excluding hydrogens is 330 g/mol. The predicted molar refractivity (Wildman–Crippen MR) is 76.1 cm³/mol. The molecule has 0 saturated heterocycles. The first-order chi connectivity index (χ1) is 9.04. The van der Waals surface area contributed by atoms with E-state index in [-0.39, 0.29) is 0 Å². The largest absolute Gasteiger partial charge is 0.450 e. The maximum absolute atomic E-state index is 11.8. The number of halogens is 1. The second-order valence-electron chi connectivity index (χ2n) is 4.11. The molecule has 4 nitrogen and oxygen atoms in total. The Kier molecular flexibility index (Phi) is 2.91. The van der Waals surface area contributed by atoms with Gasteiger partial charge in [-0.15, -0.1) is 0 Å². The van der Waals surface area contributed by atoms with E-state index in [1.165, 1.54) is 0 Å². The molecule has 0 spiro atoms. The number of cyclic esters (lactones) is 1. The van der Waals surface area contributed by atoms with Gasteiger partial charge in [0.15, 0.2) is 4.67 Å². The van der Waals surface area contributed by atoms with Gasteiger partial charge in [0, 0.05) is 17.3 Å². The van der Waals surface area contributed by atoms with Crippen LogP contribution in [0.5, 0.6) is 0 Å². The number of hydrogen-bond acceptors (Lipinski definition) is 4. The van der Waals surface area contributed by atoms with Crippen LogP contribution >= 0.6 is 28.1 Å². The first kappa shape index (κ1) is 12.4.